The molecule has 2 aromatic rings. The zero-order valence-electron chi connectivity index (χ0n) is 11.2. The Kier molecular flexibility index (Phi) is 3.40. The molecule has 0 aliphatic carbocycles. The van der Waals surface area contributed by atoms with Crippen molar-refractivity contribution in [3.05, 3.63) is 29.8 Å². The highest BCUT2D eigenvalue weighted by molar-refractivity contribution is 5.57. The standard InChI is InChI=1S/C14H16FN3O2/c1-20-12-4-3-10(6-11(12)15)14-17-16-13-5-2-9(8-19)7-18(13)14/h3-4,6,9,19H,2,5,7-8H2,1H3. The minimum atomic E-state index is -0.420. The van der Waals surface area contributed by atoms with Crippen LogP contribution in [-0.2, 0) is 13.0 Å². The second-order valence-corrected chi connectivity index (χ2v) is 4.99. The van der Waals surface area contributed by atoms with E-state index in [2.05, 4.69) is 10.2 Å². The summed E-state index contributed by atoms with van der Waals surface area (Å²) in [5, 5.41) is 17.6. The van der Waals surface area contributed by atoms with Gasteiger partial charge >= 0.3 is 0 Å². The molecule has 1 aliphatic rings. The summed E-state index contributed by atoms with van der Waals surface area (Å²) in [6.45, 7) is 0.815. The van der Waals surface area contributed by atoms with Crippen molar-refractivity contribution in [2.75, 3.05) is 13.7 Å². The number of aromatic nitrogens is 3. The minimum absolute atomic E-state index is 0.147. The molecule has 1 aromatic heterocycles. The lowest BCUT2D eigenvalue weighted by molar-refractivity contribution is 0.191. The first-order chi connectivity index (χ1) is 9.72. The largest absolute Gasteiger partial charge is 0.494 e. The van der Waals surface area contributed by atoms with Gasteiger partial charge in [0.2, 0.25) is 0 Å². The number of rotatable bonds is 3. The van der Waals surface area contributed by atoms with Gasteiger partial charge in [0.15, 0.2) is 17.4 Å². The second-order valence-electron chi connectivity index (χ2n) is 4.99. The number of aryl methyl sites for hydroxylation is 1. The lowest BCUT2D eigenvalue weighted by atomic mass is 10.00. The van der Waals surface area contributed by atoms with E-state index in [-0.39, 0.29) is 18.3 Å². The lowest BCUT2D eigenvalue weighted by Crippen LogP contribution is -2.23. The van der Waals surface area contributed by atoms with E-state index in [9.17, 15) is 9.50 Å². The van der Waals surface area contributed by atoms with Gasteiger partial charge in [-0.05, 0) is 24.6 Å². The average molecular weight is 277 g/mol. The van der Waals surface area contributed by atoms with Crippen LogP contribution in [0.15, 0.2) is 18.2 Å². The Balaban J connectivity index is 1.99. The highest BCUT2D eigenvalue weighted by Crippen LogP contribution is 2.28. The van der Waals surface area contributed by atoms with E-state index < -0.39 is 5.82 Å². The molecule has 2 heterocycles. The first-order valence-corrected chi connectivity index (χ1v) is 6.59. The molecular weight excluding hydrogens is 261 g/mol. The van der Waals surface area contributed by atoms with Crippen molar-refractivity contribution in [3.8, 4) is 17.1 Å². The molecule has 20 heavy (non-hydrogen) atoms. The smallest absolute Gasteiger partial charge is 0.165 e. The van der Waals surface area contributed by atoms with Crippen LogP contribution in [0.4, 0.5) is 4.39 Å². The van der Waals surface area contributed by atoms with E-state index >= 15 is 0 Å². The van der Waals surface area contributed by atoms with Crippen LogP contribution in [0.5, 0.6) is 5.75 Å². The molecule has 106 valence electrons. The summed E-state index contributed by atoms with van der Waals surface area (Å²) >= 11 is 0. The van der Waals surface area contributed by atoms with E-state index in [4.69, 9.17) is 4.74 Å². The third-order valence-electron chi connectivity index (χ3n) is 3.71. The Morgan fingerprint density at radius 2 is 2.30 bits per heavy atom. The maximum Gasteiger partial charge on any atom is 0.165 e. The van der Waals surface area contributed by atoms with Crippen molar-refractivity contribution in [2.45, 2.75) is 19.4 Å². The van der Waals surface area contributed by atoms with Gasteiger partial charge in [-0.1, -0.05) is 0 Å². The van der Waals surface area contributed by atoms with Gasteiger partial charge in [0.05, 0.1) is 7.11 Å². The minimum Gasteiger partial charge on any atom is -0.494 e. The second kappa shape index (κ2) is 5.20. The van der Waals surface area contributed by atoms with Crippen molar-refractivity contribution < 1.29 is 14.2 Å². The number of hydrogen-bond donors (Lipinski definition) is 1. The average Bonchev–Trinajstić information content (AvgIpc) is 2.89. The predicted molar refractivity (Wildman–Crippen MR) is 70.9 cm³/mol. The molecule has 5 nitrogen and oxygen atoms in total. The number of nitrogens with zero attached hydrogens (tertiary/aromatic N) is 3. The molecule has 0 spiro atoms. The van der Waals surface area contributed by atoms with Crippen molar-refractivity contribution in [1.82, 2.24) is 14.8 Å². The number of ether oxygens (including phenoxy) is 1. The van der Waals surface area contributed by atoms with E-state index in [1.165, 1.54) is 13.2 Å². The Bertz CT molecular complexity index is 627. The highest BCUT2D eigenvalue weighted by atomic mass is 19.1. The number of fused-ring (bicyclic) bond motifs is 1. The van der Waals surface area contributed by atoms with Crippen LogP contribution in [0.3, 0.4) is 0 Å². The molecule has 6 heteroatoms. The van der Waals surface area contributed by atoms with Crippen LogP contribution >= 0.6 is 0 Å². The van der Waals surface area contributed by atoms with Crippen LogP contribution < -0.4 is 4.74 Å². The molecule has 1 unspecified atom stereocenters. The van der Waals surface area contributed by atoms with Gasteiger partial charge in [0.1, 0.15) is 5.82 Å². The fourth-order valence-electron chi connectivity index (χ4n) is 2.56. The Morgan fingerprint density at radius 3 is 3.00 bits per heavy atom. The molecule has 1 aliphatic heterocycles. The van der Waals surface area contributed by atoms with Crippen LogP contribution in [0.25, 0.3) is 11.4 Å². The molecule has 0 fully saturated rings. The van der Waals surface area contributed by atoms with Crippen molar-refractivity contribution in [2.24, 2.45) is 5.92 Å². The van der Waals surface area contributed by atoms with Gasteiger partial charge in [-0.3, -0.25) is 0 Å². The highest BCUT2D eigenvalue weighted by Gasteiger charge is 2.23. The molecule has 0 amide bonds. The number of benzene rings is 1. The number of methoxy groups -OCH3 is 1. The van der Waals surface area contributed by atoms with Crippen molar-refractivity contribution >= 4 is 0 Å². The topological polar surface area (TPSA) is 60.2 Å². The third-order valence-corrected chi connectivity index (χ3v) is 3.71. The summed E-state index contributed by atoms with van der Waals surface area (Å²) in [5.41, 5.74) is 0.667. The Hall–Kier alpha value is -1.95. The van der Waals surface area contributed by atoms with E-state index in [1.807, 2.05) is 4.57 Å². The van der Waals surface area contributed by atoms with Gasteiger partial charge in [-0.15, -0.1) is 10.2 Å². The molecule has 1 N–H and O–H groups in total. The summed E-state index contributed by atoms with van der Waals surface area (Å²) < 4.78 is 20.7. The van der Waals surface area contributed by atoms with Gasteiger partial charge in [-0.25, -0.2) is 4.39 Å². The zero-order chi connectivity index (χ0) is 14.1. The first kappa shape index (κ1) is 13.1. The summed E-state index contributed by atoms with van der Waals surface area (Å²) in [7, 11) is 1.43. The van der Waals surface area contributed by atoms with E-state index in [0.29, 0.717) is 17.9 Å². The normalized spacial score (nSPS) is 17.9. The summed E-state index contributed by atoms with van der Waals surface area (Å²) in [5.74, 6) is 1.53. The molecule has 0 saturated carbocycles. The molecule has 0 saturated heterocycles. The van der Waals surface area contributed by atoms with Crippen LogP contribution in [-0.4, -0.2) is 33.6 Å². The molecule has 1 aromatic carbocycles. The first-order valence-electron chi connectivity index (χ1n) is 6.59. The third kappa shape index (κ3) is 2.16. The fourth-order valence-corrected chi connectivity index (χ4v) is 2.56. The molecular formula is C14H16FN3O2. The zero-order valence-corrected chi connectivity index (χ0v) is 11.2. The summed E-state index contributed by atoms with van der Waals surface area (Å²) in [6.07, 6.45) is 1.70. The maximum atomic E-state index is 13.8. The van der Waals surface area contributed by atoms with Crippen LogP contribution in [0.2, 0.25) is 0 Å². The number of halogens is 1. The monoisotopic (exact) mass is 277 g/mol. The molecule has 1 atom stereocenters. The van der Waals surface area contributed by atoms with Crippen LogP contribution in [0, 0.1) is 11.7 Å². The van der Waals surface area contributed by atoms with Gasteiger partial charge < -0.3 is 14.4 Å². The van der Waals surface area contributed by atoms with Crippen molar-refractivity contribution in [1.29, 1.82) is 0 Å². The molecule has 0 radical (unpaired) electrons. The summed E-state index contributed by atoms with van der Waals surface area (Å²) in [6, 6.07) is 4.75. The number of hydrogen-bond acceptors (Lipinski definition) is 4. The number of aliphatic hydroxyl groups excluding tert-OH is 1. The fraction of sp³-hybridized carbons (Fsp3) is 0.429. The lowest BCUT2D eigenvalue weighted by Gasteiger charge is -2.22. The maximum absolute atomic E-state index is 13.8. The predicted octanol–water partition coefficient (Wildman–Crippen LogP) is 1.65. The van der Waals surface area contributed by atoms with Crippen molar-refractivity contribution in [3.63, 3.8) is 0 Å². The van der Waals surface area contributed by atoms with Gasteiger partial charge in [0.25, 0.3) is 0 Å². The van der Waals surface area contributed by atoms with Gasteiger partial charge in [0, 0.05) is 31.1 Å². The SMILES string of the molecule is COc1ccc(-c2nnc3n2CC(CO)CC3)cc1F. The van der Waals surface area contributed by atoms with Crippen LogP contribution in [0.1, 0.15) is 12.2 Å². The Labute approximate surface area is 116 Å². The quantitative estimate of drug-likeness (QED) is 0.926. The molecule has 3 rings (SSSR count). The Morgan fingerprint density at radius 1 is 1.45 bits per heavy atom. The molecule has 0 bridgehead atoms. The van der Waals surface area contributed by atoms with E-state index in [0.717, 1.165) is 18.7 Å². The van der Waals surface area contributed by atoms with Gasteiger partial charge in [-0.2, -0.15) is 0 Å². The van der Waals surface area contributed by atoms with E-state index in [1.54, 1.807) is 12.1 Å². The summed E-state index contributed by atoms with van der Waals surface area (Å²) in [4.78, 5) is 0. The number of aliphatic hydroxyl groups is 1.